The first-order chi connectivity index (χ1) is 10.1. The van der Waals surface area contributed by atoms with Gasteiger partial charge in [0.2, 0.25) is 18.3 Å². The van der Waals surface area contributed by atoms with Gasteiger partial charge in [0, 0.05) is 15.8 Å². The summed E-state index contributed by atoms with van der Waals surface area (Å²) in [5, 5.41) is 5.63. The molecule has 0 radical (unpaired) electrons. The van der Waals surface area contributed by atoms with E-state index in [-0.39, 0.29) is 12.0 Å². The first-order valence-electron chi connectivity index (χ1n) is 6.80. The van der Waals surface area contributed by atoms with Crippen LogP contribution in [0.25, 0.3) is 0 Å². The Morgan fingerprint density at radius 1 is 1.33 bits per heavy atom. The normalized spacial score (nSPS) is 12.0. The highest BCUT2D eigenvalue weighted by Gasteiger charge is 2.08. The van der Waals surface area contributed by atoms with Gasteiger partial charge in [-0.25, -0.2) is 9.97 Å². The number of aryl methyl sites for hydroxylation is 3. The topological polar surface area (TPSA) is 79.8 Å². The minimum absolute atomic E-state index is 0.232. The van der Waals surface area contributed by atoms with Crippen LogP contribution in [0, 0.1) is 13.8 Å². The number of aromatic nitrogens is 3. The number of amides is 1. The molecule has 6 nitrogen and oxygen atoms in total. The fraction of sp³-hybridized carbons (Fsp3) is 0.429. The van der Waals surface area contributed by atoms with Gasteiger partial charge < -0.3 is 5.32 Å². The molecule has 7 heteroatoms. The fourth-order valence-electron chi connectivity index (χ4n) is 2.08. The molecule has 2 rings (SSSR count). The highest BCUT2D eigenvalue weighted by atomic mass is 32.1. The number of anilines is 2. The van der Waals surface area contributed by atoms with Crippen LogP contribution in [0.4, 0.5) is 11.9 Å². The van der Waals surface area contributed by atoms with Crippen molar-refractivity contribution < 1.29 is 4.79 Å². The fourth-order valence-corrected chi connectivity index (χ4v) is 3.06. The van der Waals surface area contributed by atoms with Gasteiger partial charge in [-0.1, -0.05) is 0 Å². The molecule has 2 N–H and O–H groups in total. The summed E-state index contributed by atoms with van der Waals surface area (Å²) in [5.41, 5.74) is 1.41. The zero-order valence-electron chi connectivity index (χ0n) is 12.4. The molecule has 0 bridgehead atoms. The SMILES string of the molecule is Cc1cc(CCC(C)Nc2ncnc(NC=O)n2)c(C)s1. The molecule has 112 valence electrons. The molecule has 0 aliphatic heterocycles. The molecule has 0 saturated carbocycles. The molecule has 0 saturated heterocycles. The molecule has 0 aliphatic carbocycles. The molecule has 0 spiro atoms. The number of hydrogen-bond acceptors (Lipinski definition) is 6. The molecule has 1 amide bonds. The number of carbonyl (C=O) groups excluding carboxylic acids is 1. The van der Waals surface area contributed by atoms with Crippen LogP contribution >= 0.6 is 11.3 Å². The molecule has 2 aromatic heterocycles. The Morgan fingerprint density at radius 3 is 2.76 bits per heavy atom. The van der Waals surface area contributed by atoms with Gasteiger partial charge in [-0.15, -0.1) is 11.3 Å². The summed E-state index contributed by atoms with van der Waals surface area (Å²) in [6, 6.07) is 2.48. The van der Waals surface area contributed by atoms with E-state index in [1.54, 1.807) is 0 Å². The van der Waals surface area contributed by atoms with Gasteiger partial charge in [0.1, 0.15) is 6.33 Å². The molecule has 0 aliphatic rings. The Morgan fingerprint density at radius 2 is 2.10 bits per heavy atom. The third-order valence-electron chi connectivity index (χ3n) is 3.13. The number of hydrogen-bond donors (Lipinski definition) is 2. The van der Waals surface area contributed by atoms with Crippen molar-refractivity contribution in [1.82, 2.24) is 15.0 Å². The van der Waals surface area contributed by atoms with Gasteiger partial charge in [0.05, 0.1) is 0 Å². The average Bonchev–Trinajstić information content (AvgIpc) is 2.75. The van der Waals surface area contributed by atoms with E-state index in [0.29, 0.717) is 12.4 Å². The smallest absolute Gasteiger partial charge is 0.233 e. The Kier molecular flexibility index (Phi) is 5.21. The second-order valence-corrected chi connectivity index (χ2v) is 6.38. The van der Waals surface area contributed by atoms with Gasteiger partial charge in [0.15, 0.2) is 0 Å². The summed E-state index contributed by atoms with van der Waals surface area (Å²) < 4.78 is 0. The number of carbonyl (C=O) groups is 1. The Bertz CT molecular complexity index is 613. The summed E-state index contributed by atoms with van der Waals surface area (Å²) in [4.78, 5) is 25.1. The Labute approximate surface area is 128 Å². The lowest BCUT2D eigenvalue weighted by atomic mass is 10.1. The lowest BCUT2D eigenvalue weighted by Gasteiger charge is -2.13. The van der Waals surface area contributed by atoms with E-state index in [0.717, 1.165) is 12.8 Å². The first kappa shape index (κ1) is 15.4. The maximum absolute atomic E-state index is 10.4. The summed E-state index contributed by atoms with van der Waals surface area (Å²) >= 11 is 1.84. The molecule has 1 unspecified atom stereocenters. The lowest BCUT2D eigenvalue weighted by molar-refractivity contribution is -0.105. The van der Waals surface area contributed by atoms with Crippen LogP contribution in [0.2, 0.25) is 0 Å². The summed E-state index contributed by atoms with van der Waals surface area (Å²) in [7, 11) is 0. The number of nitrogens with zero attached hydrogens (tertiary/aromatic N) is 3. The van der Waals surface area contributed by atoms with Gasteiger partial charge >= 0.3 is 0 Å². The Hall–Kier alpha value is -2.02. The summed E-state index contributed by atoms with van der Waals surface area (Å²) in [6.07, 6.45) is 3.93. The van der Waals surface area contributed by atoms with E-state index in [2.05, 4.69) is 52.4 Å². The molecule has 2 heterocycles. The van der Waals surface area contributed by atoms with Gasteiger partial charge in [-0.2, -0.15) is 4.98 Å². The van der Waals surface area contributed by atoms with Crippen LogP contribution in [0.3, 0.4) is 0 Å². The van der Waals surface area contributed by atoms with Crippen molar-refractivity contribution in [1.29, 1.82) is 0 Å². The lowest BCUT2D eigenvalue weighted by Crippen LogP contribution is -2.18. The highest BCUT2D eigenvalue weighted by Crippen LogP contribution is 2.22. The van der Waals surface area contributed by atoms with E-state index < -0.39 is 0 Å². The predicted octanol–water partition coefficient (Wildman–Crippen LogP) is 2.55. The van der Waals surface area contributed by atoms with Gasteiger partial charge in [-0.05, 0) is 45.2 Å². The van der Waals surface area contributed by atoms with Crippen LogP contribution in [-0.4, -0.2) is 27.4 Å². The van der Waals surface area contributed by atoms with Crippen LogP contribution in [0.5, 0.6) is 0 Å². The van der Waals surface area contributed by atoms with Crippen molar-refractivity contribution in [2.24, 2.45) is 0 Å². The number of thiophene rings is 1. The van der Waals surface area contributed by atoms with Crippen LogP contribution in [-0.2, 0) is 11.2 Å². The molecular formula is C14H19N5OS. The van der Waals surface area contributed by atoms with E-state index in [1.165, 1.54) is 21.6 Å². The maximum Gasteiger partial charge on any atom is 0.233 e. The van der Waals surface area contributed by atoms with Crippen molar-refractivity contribution in [3.05, 3.63) is 27.7 Å². The predicted molar refractivity (Wildman–Crippen MR) is 84.7 cm³/mol. The zero-order chi connectivity index (χ0) is 15.2. The zero-order valence-corrected chi connectivity index (χ0v) is 13.2. The van der Waals surface area contributed by atoms with Crippen LogP contribution in [0.1, 0.15) is 28.7 Å². The number of rotatable bonds is 7. The van der Waals surface area contributed by atoms with Crippen LogP contribution < -0.4 is 10.6 Å². The molecular weight excluding hydrogens is 286 g/mol. The average molecular weight is 305 g/mol. The third-order valence-corrected chi connectivity index (χ3v) is 4.13. The number of nitrogens with one attached hydrogen (secondary N) is 2. The van der Waals surface area contributed by atoms with E-state index in [1.807, 2.05) is 11.3 Å². The van der Waals surface area contributed by atoms with Crippen molar-refractivity contribution in [2.45, 2.75) is 39.7 Å². The molecule has 1 atom stereocenters. The molecule has 0 aromatic carbocycles. The molecule has 2 aromatic rings. The quantitative estimate of drug-likeness (QED) is 0.768. The van der Waals surface area contributed by atoms with Crippen molar-refractivity contribution in [2.75, 3.05) is 10.6 Å². The Balaban J connectivity index is 1.89. The maximum atomic E-state index is 10.4. The standard InChI is InChI=1S/C14H19N5OS/c1-9(4-5-12-6-10(2)21-11(12)3)18-14-16-7-15-13(19-14)17-8-20/h6-9H,4-5H2,1-3H3,(H2,15,16,17,18,19,20). The first-order valence-corrected chi connectivity index (χ1v) is 7.62. The van der Waals surface area contributed by atoms with Gasteiger partial charge in [-0.3, -0.25) is 10.1 Å². The van der Waals surface area contributed by atoms with E-state index >= 15 is 0 Å². The van der Waals surface area contributed by atoms with Crippen molar-refractivity contribution >= 4 is 29.6 Å². The molecule has 21 heavy (non-hydrogen) atoms. The summed E-state index contributed by atoms with van der Waals surface area (Å²) in [5.74, 6) is 0.721. The van der Waals surface area contributed by atoms with E-state index in [9.17, 15) is 4.79 Å². The minimum Gasteiger partial charge on any atom is -0.352 e. The minimum atomic E-state index is 0.232. The van der Waals surface area contributed by atoms with Gasteiger partial charge in [0.25, 0.3) is 0 Å². The molecule has 0 fully saturated rings. The van der Waals surface area contributed by atoms with E-state index in [4.69, 9.17) is 0 Å². The monoisotopic (exact) mass is 305 g/mol. The second-order valence-electron chi connectivity index (χ2n) is 4.92. The van der Waals surface area contributed by atoms with Crippen molar-refractivity contribution in [3.8, 4) is 0 Å². The van der Waals surface area contributed by atoms with Crippen molar-refractivity contribution in [3.63, 3.8) is 0 Å². The second kappa shape index (κ2) is 7.12. The largest absolute Gasteiger partial charge is 0.352 e. The van der Waals surface area contributed by atoms with Crippen LogP contribution in [0.15, 0.2) is 12.4 Å². The summed E-state index contributed by atoms with van der Waals surface area (Å²) in [6.45, 7) is 6.38. The highest BCUT2D eigenvalue weighted by molar-refractivity contribution is 7.12. The third kappa shape index (κ3) is 4.49.